The van der Waals surface area contributed by atoms with Gasteiger partial charge in [0.1, 0.15) is 11.5 Å². The highest BCUT2D eigenvalue weighted by atomic mass is 16.5. The number of ketones is 1. The Morgan fingerprint density at radius 2 is 1.83 bits per heavy atom. The molecule has 1 fully saturated rings. The van der Waals surface area contributed by atoms with Gasteiger partial charge in [-0.25, -0.2) is 0 Å². The summed E-state index contributed by atoms with van der Waals surface area (Å²) in [5.41, 5.74) is 4.83. The van der Waals surface area contributed by atoms with E-state index in [9.17, 15) is 4.79 Å². The largest absolute Gasteiger partial charge is 0.497 e. The molecule has 1 aromatic carbocycles. The van der Waals surface area contributed by atoms with Gasteiger partial charge in [0.15, 0.2) is 0 Å². The minimum atomic E-state index is 0.209. The van der Waals surface area contributed by atoms with Crippen molar-refractivity contribution in [1.29, 1.82) is 0 Å². The number of hydrogen-bond donors (Lipinski definition) is 0. The average molecular weight is 310 g/mol. The predicted molar refractivity (Wildman–Crippen MR) is 91.6 cm³/mol. The average Bonchev–Trinajstić information content (AvgIpc) is 2.75. The molecule has 0 heterocycles. The summed E-state index contributed by atoms with van der Waals surface area (Å²) in [5, 5.41) is 0. The van der Waals surface area contributed by atoms with E-state index in [0.29, 0.717) is 17.6 Å². The molecule has 2 nitrogen and oxygen atoms in total. The molecule has 0 N–H and O–H groups in total. The number of methoxy groups -OCH3 is 1. The van der Waals surface area contributed by atoms with Gasteiger partial charge in [0.2, 0.25) is 0 Å². The molecular weight excluding hydrogens is 284 g/mol. The maximum Gasteiger partial charge on any atom is 0.137 e. The quantitative estimate of drug-likeness (QED) is 0.727. The molecule has 0 aliphatic heterocycles. The van der Waals surface area contributed by atoms with E-state index in [2.05, 4.69) is 26.0 Å². The Morgan fingerprint density at radius 3 is 2.52 bits per heavy atom. The summed E-state index contributed by atoms with van der Waals surface area (Å²) < 4.78 is 5.29. The molecule has 2 bridgehead atoms. The van der Waals surface area contributed by atoms with Crippen LogP contribution in [0.4, 0.5) is 0 Å². The van der Waals surface area contributed by atoms with Crippen LogP contribution in [-0.2, 0) is 4.79 Å². The molecule has 3 atom stereocenters. The molecule has 0 aromatic heterocycles. The third kappa shape index (κ3) is 2.26. The van der Waals surface area contributed by atoms with E-state index in [1.165, 1.54) is 24.8 Å². The molecule has 2 heteroatoms. The first kappa shape index (κ1) is 15.0. The standard InChI is InChI=1S/C21H26O2/c1-21(2)10-4-5-14-11-16-18(22)12-17(20(14)21)19(16)13-6-8-15(23-3)9-7-13/h6-9,16-17,19H,4-5,10-12H2,1-3H3/t16-,17+,19-/m0/s1. The number of Topliss-reactive ketones (excluding diaryl/α,β-unsaturated/α-hetero) is 1. The SMILES string of the molecule is COc1ccc([C@H]2[C@H]3CC4=C([C@@H]2CC3=O)C(C)(C)CCC4)cc1. The fourth-order valence-electron chi connectivity index (χ4n) is 5.52. The Kier molecular flexibility index (Phi) is 3.40. The van der Waals surface area contributed by atoms with Crippen molar-refractivity contribution in [2.24, 2.45) is 17.3 Å². The zero-order valence-corrected chi connectivity index (χ0v) is 14.4. The Labute approximate surface area is 138 Å². The first-order valence-electron chi connectivity index (χ1n) is 8.90. The molecule has 23 heavy (non-hydrogen) atoms. The predicted octanol–water partition coefficient (Wildman–Crippen LogP) is 4.89. The number of allylic oxidation sites excluding steroid dienone is 2. The lowest BCUT2D eigenvalue weighted by atomic mass is 9.60. The Balaban J connectivity index is 1.77. The van der Waals surface area contributed by atoms with E-state index in [4.69, 9.17) is 4.74 Å². The minimum Gasteiger partial charge on any atom is -0.497 e. The number of carbonyl (C=O) groups is 1. The Bertz CT molecular complexity index is 666. The van der Waals surface area contributed by atoms with Crippen LogP contribution in [-0.4, -0.2) is 12.9 Å². The van der Waals surface area contributed by atoms with Crippen molar-refractivity contribution in [1.82, 2.24) is 0 Å². The van der Waals surface area contributed by atoms with Gasteiger partial charge < -0.3 is 4.74 Å². The monoisotopic (exact) mass is 310 g/mol. The van der Waals surface area contributed by atoms with Crippen LogP contribution in [0.1, 0.15) is 57.4 Å². The van der Waals surface area contributed by atoms with E-state index < -0.39 is 0 Å². The van der Waals surface area contributed by atoms with E-state index in [1.54, 1.807) is 18.3 Å². The van der Waals surface area contributed by atoms with Gasteiger partial charge in [-0.05, 0) is 54.7 Å². The van der Waals surface area contributed by atoms with Gasteiger partial charge in [-0.15, -0.1) is 0 Å². The molecule has 0 saturated heterocycles. The molecule has 3 aliphatic carbocycles. The van der Waals surface area contributed by atoms with Crippen LogP contribution in [0.3, 0.4) is 0 Å². The zero-order valence-electron chi connectivity index (χ0n) is 14.4. The summed E-state index contributed by atoms with van der Waals surface area (Å²) in [4.78, 5) is 12.7. The summed E-state index contributed by atoms with van der Waals surface area (Å²) >= 11 is 0. The van der Waals surface area contributed by atoms with Crippen LogP contribution in [0, 0.1) is 17.3 Å². The maximum absolute atomic E-state index is 12.7. The smallest absolute Gasteiger partial charge is 0.137 e. The van der Waals surface area contributed by atoms with Gasteiger partial charge in [-0.1, -0.05) is 37.1 Å². The summed E-state index contributed by atoms with van der Waals surface area (Å²) in [7, 11) is 1.70. The maximum atomic E-state index is 12.7. The number of rotatable bonds is 2. The lowest BCUT2D eigenvalue weighted by Gasteiger charge is -2.44. The highest BCUT2D eigenvalue weighted by Gasteiger charge is 2.52. The molecule has 1 aromatic rings. The molecule has 4 rings (SSSR count). The van der Waals surface area contributed by atoms with Crippen molar-refractivity contribution >= 4 is 5.78 Å². The van der Waals surface area contributed by atoms with Gasteiger partial charge >= 0.3 is 0 Å². The van der Waals surface area contributed by atoms with Crippen LogP contribution < -0.4 is 4.74 Å². The second kappa shape index (κ2) is 5.22. The summed E-state index contributed by atoms with van der Waals surface area (Å²) in [6, 6.07) is 8.41. The summed E-state index contributed by atoms with van der Waals surface area (Å²) in [6.07, 6.45) is 5.52. The van der Waals surface area contributed by atoms with Crippen molar-refractivity contribution < 1.29 is 9.53 Å². The fourth-order valence-corrected chi connectivity index (χ4v) is 5.52. The number of fused-ring (bicyclic) bond motifs is 3. The van der Waals surface area contributed by atoms with Crippen LogP contribution in [0.5, 0.6) is 5.75 Å². The van der Waals surface area contributed by atoms with Gasteiger partial charge in [0, 0.05) is 18.3 Å². The highest BCUT2D eigenvalue weighted by molar-refractivity contribution is 5.87. The van der Waals surface area contributed by atoms with E-state index in [0.717, 1.165) is 18.6 Å². The molecule has 0 radical (unpaired) electrons. The third-order valence-corrected chi connectivity index (χ3v) is 6.43. The first-order chi connectivity index (χ1) is 11.0. The van der Waals surface area contributed by atoms with Crippen molar-refractivity contribution in [2.45, 2.75) is 51.9 Å². The second-order valence-corrected chi connectivity index (χ2v) is 8.14. The van der Waals surface area contributed by atoms with Crippen LogP contribution in [0.2, 0.25) is 0 Å². The van der Waals surface area contributed by atoms with Crippen molar-refractivity contribution in [2.75, 3.05) is 7.11 Å². The third-order valence-electron chi connectivity index (χ3n) is 6.43. The topological polar surface area (TPSA) is 26.3 Å². The minimum absolute atomic E-state index is 0.209. The molecular formula is C21H26O2. The second-order valence-electron chi connectivity index (χ2n) is 8.14. The van der Waals surface area contributed by atoms with Crippen molar-refractivity contribution in [3.63, 3.8) is 0 Å². The normalized spacial score (nSPS) is 32.0. The molecule has 0 amide bonds. The lowest BCUT2D eigenvalue weighted by molar-refractivity contribution is -0.120. The molecule has 122 valence electrons. The number of carbonyl (C=O) groups excluding carboxylic acids is 1. The zero-order chi connectivity index (χ0) is 16.2. The Morgan fingerprint density at radius 1 is 1.09 bits per heavy atom. The Hall–Kier alpha value is -1.57. The number of ether oxygens (including phenoxy) is 1. The van der Waals surface area contributed by atoms with E-state index >= 15 is 0 Å². The molecule has 3 aliphatic rings. The molecule has 1 saturated carbocycles. The molecule has 0 spiro atoms. The fraction of sp³-hybridized carbons (Fsp3) is 0.571. The number of hydrogen-bond acceptors (Lipinski definition) is 2. The van der Waals surface area contributed by atoms with Crippen LogP contribution in [0.25, 0.3) is 0 Å². The van der Waals surface area contributed by atoms with Crippen molar-refractivity contribution in [3.05, 3.63) is 41.0 Å². The summed E-state index contributed by atoms with van der Waals surface area (Å²) in [5.74, 6) is 2.40. The highest BCUT2D eigenvalue weighted by Crippen LogP contribution is 2.59. The summed E-state index contributed by atoms with van der Waals surface area (Å²) in [6.45, 7) is 4.77. The van der Waals surface area contributed by atoms with Crippen molar-refractivity contribution in [3.8, 4) is 5.75 Å². The first-order valence-corrected chi connectivity index (χ1v) is 8.90. The van der Waals surface area contributed by atoms with Gasteiger partial charge in [0.05, 0.1) is 7.11 Å². The van der Waals surface area contributed by atoms with Crippen LogP contribution in [0.15, 0.2) is 35.4 Å². The van der Waals surface area contributed by atoms with Gasteiger partial charge in [-0.2, -0.15) is 0 Å². The van der Waals surface area contributed by atoms with E-state index in [1.807, 2.05) is 12.1 Å². The van der Waals surface area contributed by atoms with Gasteiger partial charge in [-0.3, -0.25) is 4.79 Å². The number of benzene rings is 1. The lowest BCUT2D eigenvalue weighted by Crippen LogP contribution is -2.32. The van der Waals surface area contributed by atoms with Crippen LogP contribution >= 0.6 is 0 Å². The molecule has 0 unspecified atom stereocenters. The van der Waals surface area contributed by atoms with Gasteiger partial charge in [0.25, 0.3) is 0 Å². The van der Waals surface area contributed by atoms with E-state index in [-0.39, 0.29) is 11.3 Å².